The van der Waals surface area contributed by atoms with E-state index in [0.29, 0.717) is 21.7 Å². The zero-order valence-corrected chi connectivity index (χ0v) is 23.6. The summed E-state index contributed by atoms with van der Waals surface area (Å²) in [5.74, 6) is -2.61. The number of hydrogen-bond acceptors (Lipinski definition) is 7. The molecule has 44 heavy (non-hydrogen) atoms. The number of rotatable bonds is 9. The van der Waals surface area contributed by atoms with Gasteiger partial charge in [0.25, 0.3) is 17.5 Å². The number of carbonyl (C=O) groups is 4. The average molecular weight is 611 g/mol. The van der Waals surface area contributed by atoms with Crippen LogP contribution < -0.4 is 15.5 Å². The molecule has 1 atom stereocenters. The van der Waals surface area contributed by atoms with Crippen LogP contribution in [0.3, 0.4) is 0 Å². The van der Waals surface area contributed by atoms with E-state index >= 15 is 0 Å². The average Bonchev–Trinajstić information content (AvgIpc) is 3.29. The van der Waals surface area contributed by atoms with E-state index in [1.165, 1.54) is 48.5 Å². The molecule has 1 unspecified atom stereocenters. The lowest BCUT2D eigenvalue weighted by Gasteiger charge is -2.15. The van der Waals surface area contributed by atoms with Gasteiger partial charge >= 0.3 is 0 Å². The Balaban J connectivity index is 1.31. The van der Waals surface area contributed by atoms with Crippen LogP contribution in [0.15, 0.2) is 114 Å². The Kier molecular flexibility index (Phi) is 8.91. The largest absolute Gasteiger partial charge is 0.321 e. The van der Waals surface area contributed by atoms with E-state index in [0.717, 1.165) is 16.7 Å². The fraction of sp³-hybridized carbons (Fsp3) is 0.0625. The molecular formula is C32H23FN4O6S. The fourth-order valence-electron chi connectivity index (χ4n) is 4.41. The van der Waals surface area contributed by atoms with Gasteiger partial charge in [0, 0.05) is 34.7 Å². The molecule has 0 spiro atoms. The van der Waals surface area contributed by atoms with Gasteiger partial charge in [0.05, 0.1) is 15.9 Å². The van der Waals surface area contributed by atoms with Gasteiger partial charge in [0.15, 0.2) is 0 Å². The molecule has 0 saturated carbocycles. The third kappa shape index (κ3) is 7.05. The quantitative estimate of drug-likeness (QED) is 0.109. The summed E-state index contributed by atoms with van der Waals surface area (Å²) in [6.45, 7) is 0. The van der Waals surface area contributed by atoms with Crippen LogP contribution in [0.2, 0.25) is 0 Å². The molecule has 4 amide bonds. The number of nitro groups is 1. The highest BCUT2D eigenvalue weighted by atomic mass is 32.2. The van der Waals surface area contributed by atoms with E-state index < -0.39 is 39.6 Å². The SMILES string of the molecule is O=C(Nc1cccc(SC2CC(=O)N(c3ccc([N+](=O)[O-])cc3)C2=O)c1)C(=Cc1cccc(F)c1)NC(=O)c1ccccc1. The van der Waals surface area contributed by atoms with Crippen molar-refractivity contribution in [2.45, 2.75) is 16.6 Å². The maximum absolute atomic E-state index is 13.8. The molecule has 12 heteroatoms. The Bertz CT molecular complexity index is 1800. The monoisotopic (exact) mass is 610 g/mol. The minimum absolute atomic E-state index is 0.0802. The molecule has 0 bridgehead atoms. The van der Waals surface area contributed by atoms with Gasteiger partial charge in [0.2, 0.25) is 11.8 Å². The number of amides is 4. The number of halogens is 1. The van der Waals surface area contributed by atoms with Crippen molar-refractivity contribution in [2.24, 2.45) is 0 Å². The van der Waals surface area contributed by atoms with Crippen molar-refractivity contribution in [3.63, 3.8) is 0 Å². The van der Waals surface area contributed by atoms with Gasteiger partial charge in [-0.05, 0) is 66.2 Å². The molecule has 1 saturated heterocycles. The number of nitro benzene ring substituents is 1. The highest BCUT2D eigenvalue weighted by molar-refractivity contribution is 8.00. The number of anilines is 2. The summed E-state index contributed by atoms with van der Waals surface area (Å²) >= 11 is 1.13. The van der Waals surface area contributed by atoms with Crippen LogP contribution in [-0.4, -0.2) is 33.8 Å². The number of nitrogens with one attached hydrogen (secondary N) is 2. The second kappa shape index (κ2) is 13.1. The second-order valence-electron chi connectivity index (χ2n) is 9.57. The van der Waals surface area contributed by atoms with E-state index in [2.05, 4.69) is 10.6 Å². The normalized spacial score (nSPS) is 14.8. The van der Waals surface area contributed by atoms with Gasteiger partial charge in [-0.2, -0.15) is 0 Å². The second-order valence-corrected chi connectivity index (χ2v) is 10.8. The molecular weight excluding hydrogens is 587 g/mol. The van der Waals surface area contributed by atoms with E-state index in [4.69, 9.17) is 0 Å². The predicted molar refractivity (Wildman–Crippen MR) is 163 cm³/mol. The van der Waals surface area contributed by atoms with Crippen molar-refractivity contribution in [1.29, 1.82) is 0 Å². The van der Waals surface area contributed by atoms with Crippen LogP contribution in [0.25, 0.3) is 6.08 Å². The first-order valence-electron chi connectivity index (χ1n) is 13.2. The molecule has 2 N–H and O–H groups in total. The van der Waals surface area contributed by atoms with Crippen molar-refractivity contribution in [3.05, 3.63) is 136 Å². The molecule has 0 radical (unpaired) electrons. The van der Waals surface area contributed by atoms with Crippen molar-refractivity contribution >= 4 is 58.5 Å². The maximum Gasteiger partial charge on any atom is 0.272 e. The lowest BCUT2D eigenvalue weighted by molar-refractivity contribution is -0.384. The Hall–Kier alpha value is -5.62. The van der Waals surface area contributed by atoms with Crippen LogP contribution >= 0.6 is 11.8 Å². The van der Waals surface area contributed by atoms with Gasteiger partial charge in [-0.15, -0.1) is 11.8 Å². The molecule has 1 aliphatic rings. The predicted octanol–water partition coefficient (Wildman–Crippen LogP) is 5.57. The van der Waals surface area contributed by atoms with Gasteiger partial charge in [-0.3, -0.25) is 29.3 Å². The summed E-state index contributed by atoms with van der Waals surface area (Å²) < 4.78 is 13.8. The lowest BCUT2D eigenvalue weighted by atomic mass is 10.1. The van der Waals surface area contributed by atoms with Crippen LogP contribution in [0.4, 0.5) is 21.5 Å². The first-order valence-corrected chi connectivity index (χ1v) is 14.1. The molecule has 220 valence electrons. The molecule has 10 nitrogen and oxygen atoms in total. The smallest absolute Gasteiger partial charge is 0.272 e. The molecule has 0 aromatic heterocycles. The Morgan fingerprint density at radius 1 is 0.932 bits per heavy atom. The zero-order valence-electron chi connectivity index (χ0n) is 22.8. The van der Waals surface area contributed by atoms with Crippen molar-refractivity contribution in [2.75, 3.05) is 10.2 Å². The number of thioether (sulfide) groups is 1. The van der Waals surface area contributed by atoms with Crippen molar-refractivity contribution in [1.82, 2.24) is 5.32 Å². The minimum atomic E-state index is -0.753. The van der Waals surface area contributed by atoms with Gasteiger partial charge in [-0.25, -0.2) is 9.29 Å². The fourth-order valence-corrected chi connectivity index (χ4v) is 5.52. The van der Waals surface area contributed by atoms with Crippen molar-refractivity contribution in [3.8, 4) is 0 Å². The number of non-ortho nitro benzene ring substituents is 1. The third-order valence-corrected chi connectivity index (χ3v) is 7.66. The van der Waals surface area contributed by atoms with E-state index in [9.17, 15) is 33.7 Å². The van der Waals surface area contributed by atoms with Gasteiger partial charge in [-0.1, -0.05) is 36.4 Å². The summed E-state index contributed by atoms with van der Waals surface area (Å²) in [4.78, 5) is 64.0. The minimum Gasteiger partial charge on any atom is -0.321 e. The number of nitrogens with zero attached hydrogens (tertiary/aromatic N) is 2. The van der Waals surface area contributed by atoms with Crippen LogP contribution in [0, 0.1) is 15.9 Å². The van der Waals surface area contributed by atoms with Gasteiger partial charge in [0.1, 0.15) is 11.5 Å². The molecule has 4 aromatic carbocycles. The summed E-state index contributed by atoms with van der Waals surface area (Å²) in [5.41, 5.74) is 0.981. The number of benzene rings is 4. The lowest BCUT2D eigenvalue weighted by Crippen LogP contribution is -2.31. The van der Waals surface area contributed by atoms with E-state index in [1.54, 1.807) is 60.7 Å². The van der Waals surface area contributed by atoms with Crippen LogP contribution in [0.1, 0.15) is 22.3 Å². The maximum atomic E-state index is 13.8. The summed E-state index contributed by atoms with van der Waals surface area (Å²) in [5, 5.41) is 15.5. The summed E-state index contributed by atoms with van der Waals surface area (Å²) in [6, 6.07) is 25.6. The number of imide groups is 1. The molecule has 5 rings (SSSR count). The Labute approximate surface area is 254 Å². The highest BCUT2D eigenvalue weighted by Gasteiger charge is 2.40. The van der Waals surface area contributed by atoms with Crippen LogP contribution in [-0.2, 0) is 14.4 Å². The Morgan fingerprint density at radius 3 is 2.36 bits per heavy atom. The number of carbonyl (C=O) groups excluding carboxylic acids is 4. The Morgan fingerprint density at radius 2 is 1.66 bits per heavy atom. The van der Waals surface area contributed by atoms with E-state index in [1.807, 2.05) is 0 Å². The van der Waals surface area contributed by atoms with Gasteiger partial charge < -0.3 is 10.6 Å². The summed E-state index contributed by atoms with van der Waals surface area (Å²) in [7, 11) is 0. The molecule has 1 aliphatic heterocycles. The molecule has 4 aromatic rings. The zero-order chi connectivity index (χ0) is 31.2. The standard InChI is InChI=1S/C32H23FN4O6S/c33-22-9-4-6-20(16-22)17-27(35-30(39)21-7-2-1-3-8-21)31(40)34-23-10-5-11-26(18-23)44-28-19-29(38)36(32(28)41)24-12-14-25(15-13-24)37(42)43/h1-18,28H,19H2,(H,34,40)(H,35,39). The molecule has 1 fully saturated rings. The third-order valence-electron chi connectivity index (χ3n) is 6.48. The first-order chi connectivity index (χ1) is 21.2. The summed E-state index contributed by atoms with van der Waals surface area (Å²) in [6.07, 6.45) is 1.27. The van der Waals surface area contributed by atoms with Crippen LogP contribution in [0.5, 0.6) is 0 Å². The molecule has 0 aliphatic carbocycles. The number of hydrogen-bond donors (Lipinski definition) is 2. The topological polar surface area (TPSA) is 139 Å². The molecule has 1 heterocycles. The van der Waals surface area contributed by atoms with E-state index in [-0.39, 0.29) is 23.5 Å². The highest BCUT2D eigenvalue weighted by Crippen LogP contribution is 2.35. The van der Waals surface area contributed by atoms with Crippen molar-refractivity contribution < 1.29 is 28.5 Å². The first kappa shape index (κ1) is 29.9.